The predicted molar refractivity (Wildman–Crippen MR) is 55.3 cm³/mol. The van der Waals surface area contributed by atoms with Gasteiger partial charge in [-0.1, -0.05) is 0 Å². The zero-order valence-corrected chi connectivity index (χ0v) is 13.8. The molecule has 2 N–H and O–H groups in total. The van der Waals surface area contributed by atoms with Crippen molar-refractivity contribution in [2.45, 2.75) is 17.9 Å². The first kappa shape index (κ1) is 17.3. The van der Waals surface area contributed by atoms with Crippen LogP contribution in [0.5, 0.6) is 0 Å². The van der Waals surface area contributed by atoms with Crippen molar-refractivity contribution >= 4 is 26.0 Å². The van der Waals surface area contributed by atoms with Gasteiger partial charge in [0.2, 0.25) is 5.88 Å². The first-order valence-corrected chi connectivity index (χ1v) is 8.22. The number of hydrogen-bond donors (Lipinski definition) is 2. The fourth-order valence-corrected chi connectivity index (χ4v) is 6.18. The normalized spacial score (nSPS) is 32.4. The van der Waals surface area contributed by atoms with Crippen molar-refractivity contribution in [1.82, 2.24) is 4.72 Å². The Bertz CT molecular complexity index is 589. The summed E-state index contributed by atoms with van der Waals surface area (Å²) in [5.74, 6) is -1.68. The van der Waals surface area contributed by atoms with Crippen molar-refractivity contribution in [3.05, 3.63) is 0 Å². The molecule has 3 atom stereocenters. The second-order valence-corrected chi connectivity index (χ2v) is 8.50. The van der Waals surface area contributed by atoms with Crippen LogP contribution in [0.4, 0.5) is 0 Å². The van der Waals surface area contributed by atoms with Crippen molar-refractivity contribution in [2.24, 2.45) is 0 Å². The van der Waals surface area contributed by atoms with E-state index in [1.165, 1.54) is 0 Å². The number of sulfonamides is 2. The summed E-state index contributed by atoms with van der Waals surface area (Å²) in [6.07, 6.45) is -2.09. The zero-order chi connectivity index (χ0) is 13.8. The Balaban J connectivity index is 0.00000180. The summed E-state index contributed by atoms with van der Waals surface area (Å²) in [6, 6.07) is 0. The maximum Gasteiger partial charge on any atom is 1.00 e. The van der Waals surface area contributed by atoms with Crippen molar-refractivity contribution < 1.29 is 65.3 Å². The maximum atomic E-state index is 11.7. The van der Waals surface area contributed by atoms with E-state index in [0.29, 0.717) is 0 Å². The van der Waals surface area contributed by atoms with Crippen LogP contribution < -0.4 is 39.4 Å². The Morgan fingerprint density at radius 3 is 2.42 bits per heavy atom. The van der Waals surface area contributed by atoms with Gasteiger partial charge in [0.05, 0.1) is 6.10 Å². The van der Waals surface area contributed by atoms with E-state index in [2.05, 4.69) is 0 Å². The van der Waals surface area contributed by atoms with Crippen LogP contribution in [0.15, 0.2) is 0 Å². The number of carbonyl (C=O) groups is 1. The van der Waals surface area contributed by atoms with E-state index in [4.69, 9.17) is 5.11 Å². The molecule has 0 aromatic heterocycles. The average Bonchev–Trinajstić information content (AvgIpc) is 3.01. The van der Waals surface area contributed by atoms with Crippen molar-refractivity contribution in [3.63, 3.8) is 0 Å². The molecule has 3 unspecified atom stereocenters. The SMILES string of the molecule is O=C([O-])CC(O)CNS(=O)(=O)C1C[N+]12CS2(=O)=O.[Na+]. The smallest absolute Gasteiger partial charge is 0.550 e. The molecule has 12 heteroatoms. The number of nitrogens with one attached hydrogen (secondary N) is 1. The number of quaternary nitrogens is 1. The number of nitrogens with zero attached hydrogens (tertiary/aromatic N) is 1. The number of carboxylic acid groups (broad SMARTS) is 1. The van der Waals surface area contributed by atoms with E-state index >= 15 is 0 Å². The molecule has 104 valence electrons. The van der Waals surface area contributed by atoms with Gasteiger partial charge in [-0.25, -0.2) is 13.1 Å². The first-order chi connectivity index (χ1) is 8.11. The van der Waals surface area contributed by atoms with E-state index in [0.717, 1.165) is 0 Å². The quantitative estimate of drug-likeness (QED) is 0.281. The number of aliphatic carboxylic acids is 1. The van der Waals surface area contributed by atoms with Crippen LogP contribution in [-0.2, 0) is 24.8 Å². The molecule has 0 aromatic rings. The van der Waals surface area contributed by atoms with Crippen molar-refractivity contribution in [3.8, 4) is 0 Å². The minimum absolute atomic E-state index is 0. The van der Waals surface area contributed by atoms with E-state index in [1.807, 2.05) is 4.72 Å². The third-order valence-corrected chi connectivity index (χ3v) is 7.10. The van der Waals surface area contributed by atoms with Gasteiger partial charge in [0.15, 0.2) is 6.54 Å². The standard InChI is InChI=1S/C7H12N2O7S2.Na/c10-5(1-7(11)12)2-8-18(15,16)6-3-9(6)4-17(9,13)14;/h5-6,8,10H,1-4H2;/q;+1. The van der Waals surface area contributed by atoms with E-state index in [9.17, 15) is 26.7 Å². The number of carboxylic acids is 1. The maximum absolute atomic E-state index is 11.7. The average molecular weight is 323 g/mol. The number of rotatable bonds is 6. The molecule has 2 saturated heterocycles. The van der Waals surface area contributed by atoms with Gasteiger partial charge >= 0.3 is 39.6 Å². The summed E-state index contributed by atoms with van der Waals surface area (Å²) >= 11 is 0. The van der Waals surface area contributed by atoms with E-state index < -0.39 is 54.3 Å². The van der Waals surface area contributed by atoms with Crippen LogP contribution in [0.2, 0.25) is 0 Å². The Labute approximate surface area is 132 Å². The molecule has 2 fully saturated rings. The molecule has 0 aliphatic carbocycles. The predicted octanol–water partition coefficient (Wildman–Crippen LogP) is -7.13. The van der Waals surface area contributed by atoms with Gasteiger partial charge < -0.3 is 15.0 Å². The van der Waals surface area contributed by atoms with Gasteiger partial charge in [-0.3, -0.25) is 0 Å². The second kappa shape index (κ2) is 5.22. The monoisotopic (exact) mass is 323 g/mol. The van der Waals surface area contributed by atoms with Gasteiger partial charge in [-0.2, -0.15) is 12.3 Å². The van der Waals surface area contributed by atoms with Crippen LogP contribution in [0.3, 0.4) is 0 Å². The van der Waals surface area contributed by atoms with Crippen molar-refractivity contribution in [2.75, 3.05) is 19.0 Å². The van der Waals surface area contributed by atoms with Gasteiger partial charge in [0, 0.05) is 18.9 Å². The van der Waals surface area contributed by atoms with Gasteiger partial charge in [-0.15, -0.1) is 0 Å². The molecule has 9 nitrogen and oxygen atoms in total. The largest absolute Gasteiger partial charge is 1.00 e. The summed E-state index contributed by atoms with van der Waals surface area (Å²) in [5.41, 5.74) is 0. The Morgan fingerprint density at radius 2 is 2.05 bits per heavy atom. The minimum Gasteiger partial charge on any atom is -0.550 e. The Morgan fingerprint density at radius 1 is 1.53 bits per heavy atom. The fourth-order valence-electron chi connectivity index (χ4n) is 1.82. The zero-order valence-electron chi connectivity index (χ0n) is 10.1. The number of aliphatic hydroxyl groups excluding tert-OH is 1. The van der Waals surface area contributed by atoms with E-state index in [-0.39, 0.29) is 42.0 Å². The molecule has 2 heterocycles. The number of carbonyl (C=O) groups excluding carboxylic acids is 1. The molecule has 2 aliphatic rings. The summed E-state index contributed by atoms with van der Waals surface area (Å²) < 4.78 is 47.2. The molecule has 1 spiro atoms. The van der Waals surface area contributed by atoms with Crippen LogP contribution in [-0.4, -0.2) is 62.2 Å². The Hall–Kier alpha value is 0.250. The van der Waals surface area contributed by atoms with Gasteiger partial charge in [0.25, 0.3) is 15.4 Å². The second-order valence-electron chi connectivity index (χ2n) is 4.42. The number of hydrogen-bond acceptors (Lipinski definition) is 7. The molecule has 0 amide bonds. The number of aliphatic hydroxyl groups is 1. The molecular formula is C7H12N2NaO7S2+. The molecule has 0 radical (unpaired) electrons. The molecule has 0 bridgehead atoms. The van der Waals surface area contributed by atoms with Crippen LogP contribution in [0.1, 0.15) is 6.42 Å². The summed E-state index contributed by atoms with van der Waals surface area (Å²) in [7, 11) is -7.19. The van der Waals surface area contributed by atoms with Crippen molar-refractivity contribution in [1.29, 1.82) is 0 Å². The fraction of sp³-hybridized carbons (Fsp3) is 0.857. The summed E-state index contributed by atoms with van der Waals surface area (Å²) in [6.45, 7) is -0.471. The molecule has 0 saturated carbocycles. The molecule has 0 aromatic carbocycles. The third kappa shape index (κ3) is 3.29. The summed E-state index contributed by atoms with van der Waals surface area (Å²) in [4.78, 5) is 10.1. The first-order valence-electron chi connectivity index (χ1n) is 5.07. The third-order valence-electron chi connectivity index (χ3n) is 3.00. The van der Waals surface area contributed by atoms with Gasteiger partial charge in [-0.05, 0) is 0 Å². The van der Waals surface area contributed by atoms with E-state index in [1.54, 1.807) is 0 Å². The van der Waals surface area contributed by atoms with Crippen LogP contribution in [0, 0.1) is 0 Å². The summed E-state index contributed by atoms with van der Waals surface area (Å²) in [5, 5.41) is 18.3. The Kier molecular flexibility index (Phi) is 4.75. The van der Waals surface area contributed by atoms with Crippen LogP contribution in [0.25, 0.3) is 0 Å². The molecule has 19 heavy (non-hydrogen) atoms. The van der Waals surface area contributed by atoms with Gasteiger partial charge in [0.1, 0.15) is 0 Å². The molecule has 2 rings (SSSR count). The molecular weight excluding hydrogens is 311 g/mol. The molecule has 2 aliphatic heterocycles. The topological polar surface area (TPSA) is 141 Å². The van der Waals surface area contributed by atoms with Crippen LogP contribution >= 0.6 is 0 Å². The minimum atomic E-state index is -3.86.